The first-order valence-corrected chi connectivity index (χ1v) is 12.1. The zero-order valence-corrected chi connectivity index (χ0v) is 19.7. The highest BCUT2D eigenvalue weighted by Crippen LogP contribution is 2.57. The van der Waals surface area contributed by atoms with Crippen molar-refractivity contribution < 1.29 is 32.4 Å². The van der Waals surface area contributed by atoms with Crippen molar-refractivity contribution in [1.82, 2.24) is 0 Å². The molecule has 0 spiro atoms. The van der Waals surface area contributed by atoms with Gasteiger partial charge in [-0.3, -0.25) is 9.36 Å². The minimum Gasteiger partial charge on any atom is -0.469 e. The van der Waals surface area contributed by atoms with Gasteiger partial charge in [0.2, 0.25) is 0 Å². The monoisotopic (exact) mass is 463 g/mol. The lowest BCUT2D eigenvalue weighted by atomic mass is 10.1. The van der Waals surface area contributed by atoms with Gasteiger partial charge in [-0.05, 0) is 17.0 Å². The van der Waals surface area contributed by atoms with E-state index in [-0.39, 0.29) is 42.6 Å². The van der Waals surface area contributed by atoms with Crippen LogP contribution in [0.4, 0.5) is 0 Å². The molecule has 0 radical (unpaired) electrons. The van der Waals surface area contributed by atoms with Crippen LogP contribution in [0, 0.1) is 17.3 Å². The summed E-state index contributed by atoms with van der Waals surface area (Å²) in [5.41, 5.74) is 1.70. The van der Waals surface area contributed by atoms with Gasteiger partial charge in [-0.1, -0.05) is 49.3 Å². The Morgan fingerprint density at radius 1 is 1.19 bits per heavy atom. The summed E-state index contributed by atoms with van der Waals surface area (Å²) in [5, 5.41) is 3.91. The van der Waals surface area contributed by atoms with Gasteiger partial charge in [-0.25, -0.2) is 0 Å². The third-order valence-electron chi connectivity index (χ3n) is 5.78. The van der Waals surface area contributed by atoms with Crippen LogP contribution in [0.1, 0.15) is 30.7 Å². The van der Waals surface area contributed by atoms with Crippen molar-refractivity contribution in [3.05, 3.63) is 59.5 Å². The lowest BCUT2D eigenvalue weighted by Crippen LogP contribution is -2.10. The Labute approximate surface area is 188 Å². The SMILES string of the molecule is COP(=O)(CCO/N=C/C1C(C(=O)OCc2coc(Cc3ccccc3)c2)C1(C)C)OC. The molecule has 32 heavy (non-hydrogen) atoms. The molecule has 2 atom stereocenters. The average Bonchev–Trinajstić information content (AvgIpc) is 3.09. The van der Waals surface area contributed by atoms with E-state index >= 15 is 0 Å². The van der Waals surface area contributed by atoms with E-state index in [1.54, 1.807) is 12.5 Å². The van der Waals surface area contributed by atoms with Gasteiger partial charge < -0.3 is 23.0 Å². The van der Waals surface area contributed by atoms with Crippen molar-refractivity contribution in [1.29, 1.82) is 0 Å². The highest BCUT2D eigenvalue weighted by atomic mass is 31.2. The maximum Gasteiger partial charge on any atom is 0.333 e. The van der Waals surface area contributed by atoms with Crippen molar-refractivity contribution in [3.63, 3.8) is 0 Å². The van der Waals surface area contributed by atoms with Crippen LogP contribution in [0.5, 0.6) is 0 Å². The summed E-state index contributed by atoms with van der Waals surface area (Å²) in [6, 6.07) is 11.9. The van der Waals surface area contributed by atoms with Gasteiger partial charge in [0, 0.05) is 38.3 Å². The molecule has 0 saturated heterocycles. The Morgan fingerprint density at radius 2 is 1.91 bits per heavy atom. The highest BCUT2D eigenvalue weighted by Gasteiger charge is 2.62. The van der Waals surface area contributed by atoms with Crippen molar-refractivity contribution >= 4 is 19.8 Å². The van der Waals surface area contributed by atoms with E-state index in [0.717, 1.165) is 16.9 Å². The number of rotatable bonds is 12. The minimum absolute atomic E-state index is 0.0868. The number of benzene rings is 1. The molecular formula is C23H30NO7P. The molecule has 0 aliphatic heterocycles. The predicted molar refractivity (Wildman–Crippen MR) is 119 cm³/mol. The summed E-state index contributed by atoms with van der Waals surface area (Å²) in [7, 11) is -0.473. The average molecular weight is 463 g/mol. The Morgan fingerprint density at radius 3 is 2.59 bits per heavy atom. The molecule has 8 nitrogen and oxygen atoms in total. The predicted octanol–water partition coefficient (Wildman–Crippen LogP) is 4.67. The van der Waals surface area contributed by atoms with E-state index in [2.05, 4.69) is 5.16 Å². The van der Waals surface area contributed by atoms with Crippen molar-refractivity contribution in [3.8, 4) is 0 Å². The molecular weight excluding hydrogens is 433 g/mol. The normalized spacial score (nSPS) is 19.8. The van der Waals surface area contributed by atoms with Gasteiger partial charge in [-0.15, -0.1) is 0 Å². The summed E-state index contributed by atoms with van der Waals surface area (Å²) < 4.78 is 32.7. The van der Waals surface area contributed by atoms with Gasteiger partial charge in [0.25, 0.3) is 0 Å². The Hall–Kier alpha value is -2.41. The molecule has 1 saturated carbocycles. The van der Waals surface area contributed by atoms with Crippen LogP contribution in [0.15, 0.2) is 52.2 Å². The Balaban J connectivity index is 1.44. The fraction of sp³-hybridized carbons (Fsp3) is 0.478. The molecule has 0 amide bonds. The van der Waals surface area contributed by atoms with Gasteiger partial charge >= 0.3 is 13.6 Å². The van der Waals surface area contributed by atoms with Crippen LogP contribution < -0.4 is 0 Å². The maximum atomic E-state index is 12.6. The number of furan rings is 1. The second kappa shape index (κ2) is 10.5. The molecule has 0 N–H and O–H groups in total. The van der Waals surface area contributed by atoms with Crippen LogP contribution in [-0.2, 0) is 41.0 Å². The third kappa shape index (κ3) is 6.09. The van der Waals surface area contributed by atoms with E-state index < -0.39 is 7.60 Å². The van der Waals surface area contributed by atoms with E-state index in [4.69, 9.17) is 23.0 Å². The molecule has 9 heteroatoms. The summed E-state index contributed by atoms with van der Waals surface area (Å²) in [6.07, 6.45) is 4.00. The first-order chi connectivity index (χ1) is 15.3. The quantitative estimate of drug-likeness (QED) is 0.148. The maximum absolute atomic E-state index is 12.6. The third-order valence-corrected chi connectivity index (χ3v) is 7.63. The fourth-order valence-corrected chi connectivity index (χ4v) is 4.43. The van der Waals surface area contributed by atoms with Gasteiger partial charge in [0.15, 0.2) is 0 Å². The molecule has 174 valence electrons. The second-order valence-corrected chi connectivity index (χ2v) is 10.7. The lowest BCUT2D eigenvalue weighted by molar-refractivity contribution is -0.147. The number of nitrogens with zero attached hydrogens (tertiary/aromatic N) is 1. The number of esters is 1. The van der Waals surface area contributed by atoms with Gasteiger partial charge in [0.05, 0.1) is 18.3 Å². The van der Waals surface area contributed by atoms with E-state index in [1.165, 1.54) is 14.2 Å². The summed E-state index contributed by atoms with van der Waals surface area (Å²) >= 11 is 0. The number of ether oxygens (including phenoxy) is 1. The van der Waals surface area contributed by atoms with Gasteiger partial charge in [-0.2, -0.15) is 0 Å². The minimum atomic E-state index is -3.12. The molecule has 1 fully saturated rings. The summed E-state index contributed by atoms with van der Waals surface area (Å²) in [6.45, 7) is 4.21. The van der Waals surface area contributed by atoms with Crippen molar-refractivity contribution in [2.45, 2.75) is 26.9 Å². The summed E-state index contributed by atoms with van der Waals surface area (Å²) in [5.74, 6) is 0.155. The van der Waals surface area contributed by atoms with Crippen LogP contribution >= 0.6 is 7.60 Å². The van der Waals surface area contributed by atoms with E-state index in [1.807, 2.05) is 50.2 Å². The molecule has 1 aliphatic rings. The zero-order valence-electron chi connectivity index (χ0n) is 18.9. The van der Waals surface area contributed by atoms with E-state index in [9.17, 15) is 9.36 Å². The standard InChI is InChI=1S/C23H30NO7P/c1-23(2)20(14-24-31-10-11-32(26,27-3)28-4)21(23)22(25)30-16-18-13-19(29-15-18)12-17-8-6-5-7-9-17/h5-9,13-15,20-21H,10-12,16H2,1-4H3/b24-14+. The molecule has 3 rings (SSSR count). The van der Waals surface area contributed by atoms with Crippen molar-refractivity contribution in [2.24, 2.45) is 22.4 Å². The smallest absolute Gasteiger partial charge is 0.333 e. The molecule has 1 heterocycles. The van der Waals surface area contributed by atoms with Crippen molar-refractivity contribution in [2.75, 3.05) is 27.0 Å². The largest absolute Gasteiger partial charge is 0.469 e. The number of oxime groups is 1. The van der Waals surface area contributed by atoms with Crippen LogP contribution in [-0.4, -0.2) is 39.2 Å². The Kier molecular flexibility index (Phi) is 7.93. The number of carbonyl (C=O) groups excluding carboxylic acids is 1. The van der Waals surface area contributed by atoms with Crippen LogP contribution in [0.2, 0.25) is 0 Å². The molecule has 2 unspecified atom stereocenters. The zero-order chi connectivity index (χ0) is 23.2. The highest BCUT2D eigenvalue weighted by molar-refractivity contribution is 7.53. The molecule has 1 aromatic heterocycles. The molecule has 1 aromatic carbocycles. The number of hydrogen-bond donors (Lipinski definition) is 0. The topological polar surface area (TPSA) is 96.6 Å². The first kappa shape index (κ1) is 24.2. The fourth-order valence-electron chi connectivity index (χ4n) is 3.61. The number of hydrogen-bond acceptors (Lipinski definition) is 8. The van der Waals surface area contributed by atoms with Crippen LogP contribution in [0.25, 0.3) is 0 Å². The van der Waals surface area contributed by atoms with Crippen LogP contribution in [0.3, 0.4) is 0 Å². The molecule has 0 bridgehead atoms. The van der Waals surface area contributed by atoms with Gasteiger partial charge in [0.1, 0.15) is 19.0 Å². The molecule has 2 aromatic rings. The van der Waals surface area contributed by atoms with E-state index in [0.29, 0.717) is 6.42 Å². The second-order valence-electron chi connectivity index (χ2n) is 8.30. The number of carbonyl (C=O) groups is 1. The lowest BCUT2D eigenvalue weighted by Gasteiger charge is -2.11. The first-order valence-electron chi connectivity index (χ1n) is 10.4. The Bertz CT molecular complexity index is 962. The molecule has 1 aliphatic carbocycles. The summed E-state index contributed by atoms with van der Waals surface area (Å²) in [4.78, 5) is 17.7.